The Kier molecular flexibility index (Phi) is 3.46. The molecule has 1 aliphatic rings. The number of rotatable bonds is 3. The van der Waals surface area contributed by atoms with Gasteiger partial charge in [-0.2, -0.15) is 4.98 Å². The van der Waals surface area contributed by atoms with Gasteiger partial charge in [-0.1, -0.05) is 13.8 Å². The molecule has 0 aliphatic heterocycles. The smallest absolute Gasteiger partial charge is 0.227 e. The van der Waals surface area contributed by atoms with Gasteiger partial charge in [0, 0.05) is 18.7 Å². The van der Waals surface area contributed by atoms with E-state index in [1.54, 1.807) is 0 Å². The highest BCUT2D eigenvalue weighted by atomic mass is 15.3. The molecular weight excluding hydrogens is 224 g/mol. The van der Waals surface area contributed by atoms with Gasteiger partial charge in [0.05, 0.1) is 5.69 Å². The summed E-state index contributed by atoms with van der Waals surface area (Å²) in [6, 6.07) is 0. The summed E-state index contributed by atoms with van der Waals surface area (Å²) < 4.78 is 0. The third-order valence-electron chi connectivity index (χ3n) is 3.94. The third-order valence-corrected chi connectivity index (χ3v) is 3.94. The van der Waals surface area contributed by atoms with Crippen LogP contribution in [0.4, 0.5) is 11.8 Å². The summed E-state index contributed by atoms with van der Waals surface area (Å²) in [5.41, 5.74) is 8.62. The first-order chi connectivity index (χ1) is 8.49. The highest BCUT2D eigenvalue weighted by Gasteiger charge is 2.32. The van der Waals surface area contributed by atoms with Crippen LogP contribution in [-0.4, -0.2) is 23.1 Å². The fourth-order valence-electron chi connectivity index (χ4n) is 2.90. The highest BCUT2D eigenvalue weighted by Crippen LogP contribution is 2.39. The maximum atomic E-state index is 6.19. The van der Waals surface area contributed by atoms with Crippen LogP contribution in [0.25, 0.3) is 0 Å². The first kappa shape index (κ1) is 13.1. The van der Waals surface area contributed by atoms with Crippen molar-refractivity contribution in [3.05, 3.63) is 11.3 Å². The molecule has 2 rings (SSSR count). The van der Waals surface area contributed by atoms with E-state index in [0.29, 0.717) is 5.82 Å². The van der Waals surface area contributed by atoms with Crippen LogP contribution >= 0.6 is 0 Å². The van der Waals surface area contributed by atoms with Crippen molar-refractivity contribution in [2.75, 3.05) is 23.7 Å². The molecule has 0 bridgehead atoms. The Balaban J connectivity index is 2.49. The Morgan fingerprint density at radius 1 is 1.22 bits per heavy atom. The molecule has 0 radical (unpaired) electrons. The monoisotopic (exact) mass is 248 g/mol. The molecule has 0 aromatic carbocycles. The van der Waals surface area contributed by atoms with Crippen molar-refractivity contribution in [1.82, 2.24) is 9.97 Å². The molecule has 0 amide bonds. The fourth-order valence-corrected chi connectivity index (χ4v) is 2.90. The van der Waals surface area contributed by atoms with Gasteiger partial charge < -0.3 is 10.6 Å². The average molecular weight is 248 g/mol. The lowest BCUT2D eigenvalue weighted by molar-refractivity contribution is 0.426. The summed E-state index contributed by atoms with van der Waals surface area (Å²) in [6.45, 7) is 10.5. The van der Waals surface area contributed by atoms with Gasteiger partial charge in [0.2, 0.25) is 5.95 Å². The second-order valence-electron chi connectivity index (χ2n) is 5.64. The number of anilines is 2. The minimum absolute atomic E-state index is 0.111. The number of nitrogen functional groups attached to an aromatic ring is 1. The van der Waals surface area contributed by atoms with E-state index in [4.69, 9.17) is 10.7 Å². The van der Waals surface area contributed by atoms with E-state index >= 15 is 0 Å². The first-order valence-corrected chi connectivity index (χ1v) is 6.91. The summed E-state index contributed by atoms with van der Waals surface area (Å²) in [7, 11) is 0. The van der Waals surface area contributed by atoms with E-state index in [0.717, 1.165) is 37.6 Å². The molecule has 1 heterocycles. The van der Waals surface area contributed by atoms with Gasteiger partial charge in [-0.05, 0) is 38.5 Å². The van der Waals surface area contributed by atoms with Crippen LogP contribution in [0.15, 0.2) is 0 Å². The molecule has 100 valence electrons. The summed E-state index contributed by atoms with van der Waals surface area (Å²) >= 11 is 0. The summed E-state index contributed by atoms with van der Waals surface area (Å²) in [6.07, 6.45) is 3.38. The van der Waals surface area contributed by atoms with Crippen LogP contribution in [0.5, 0.6) is 0 Å². The van der Waals surface area contributed by atoms with E-state index < -0.39 is 0 Å². The lowest BCUT2D eigenvalue weighted by Gasteiger charge is -2.33. The molecular formula is C14H24N4. The van der Waals surface area contributed by atoms with Crippen molar-refractivity contribution in [2.45, 2.75) is 52.4 Å². The summed E-state index contributed by atoms with van der Waals surface area (Å²) in [5.74, 6) is 1.46. The molecule has 0 unspecified atom stereocenters. The third kappa shape index (κ3) is 2.16. The zero-order valence-corrected chi connectivity index (χ0v) is 12.0. The van der Waals surface area contributed by atoms with Crippen molar-refractivity contribution in [3.8, 4) is 0 Å². The lowest BCUT2D eigenvalue weighted by atomic mass is 9.74. The van der Waals surface area contributed by atoms with E-state index in [1.807, 2.05) is 0 Å². The van der Waals surface area contributed by atoms with Gasteiger partial charge in [-0.15, -0.1) is 0 Å². The topological polar surface area (TPSA) is 55.0 Å². The normalized spacial score (nSPS) is 17.3. The standard InChI is InChI=1S/C14H24N4/c1-5-18(6-2)13-16-10-8-7-9-14(3,4)11(10)12(15)17-13/h5-9H2,1-4H3,(H2,15,16,17). The van der Waals surface area contributed by atoms with Gasteiger partial charge in [-0.25, -0.2) is 4.98 Å². The van der Waals surface area contributed by atoms with Crippen LogP contribution in [0.1, 0.15) is 51.8 Å². The van der Waals surface area contributed by atoms with Gasteiger partial charge >= 0.3 is 0 Å². The Hall–Kier alpha value is -1.32. The average Bonchev–Trinajstić information content (AvgIpc) is 2.29. The highest BCUT2D eigenvalue weighted by molar-refractivity contribution is 5.52. The van der Waals surface area contributed by atoms with E-state index in [2.05, 4.69) is 37.6 Å². The maximum Gasteiger partial charge on any atom is 0.227 e. The largest absolute Gasteiger partial charge is 0.383 e. The predicted molar refractivity (Wildman–Crippen MR) is 76.0 cm³/mol. The lowest BCUT2D eigenvalue weighted by Crippen LogP contribution is -2.30. The summed E-state index contributed by atoms with van der Waals surface area (Å²) in [4.78, 5) is 11.4. The molecule has 0 fully saturated rings. The molecule has 1 aliphatic carbocycles. The Labute approximate surface area is 110 Å². The second kappa shape index (κ2) is 4.75. The molecule has 4 heteroatoms. The van der Waals surface area contributed by atoms with Crippen molar-refractivity contribution in [2.24, 2.45) is 0 Å². The van der Waals surface area contributed by atoms with Crippen LogP contribution in [-0.2, 0) is 11.8 Å². The first-order valence-electron chi connectivity index (χ1n) is 6.91. The number of hydrogen-bond acceptors (Lipinski definition) is 4. The number of aryl methyl sites for hydroxylation is 1. The van der Waals surface area contributed by atoms with E-state index in [1.165, 1.54) is 12.0 Å². The molecule has 0 atom stereocenters. The minimum Gasteiger partial charge on any atom is -0.383 e. The molecule has 0 saturated carbocycles. The quantitative estimate of drug-likeness (QED) is 0.893. The van der Waals surface area contributed by atoms with Gasteiger partial charge in [0.1, 0.15) is 5.82 Å². The van der Waals surface area contributed by atoms with Crippen molar-refractivity contribution >= 4 is 11.8 Å². The number of hydrogen-bond donors (Lipinski definition) is 1. The molecule has 0 saturated heterocycles. The summed E-state index contributed by atoms with van der Waals surface area (Å²) in [5, 5.41) is 0. The van der Waals surface area contributed by atoms with E-state index in [-0.39, 0.29) is 5.41 Å². The molecule has 4 nitrogen and oxygen atoms in total. The van der Waals surface area contributed by atoms with E-state index in [9.17, 15) is 0 Å². The molecule has 1 aromatic rings. The Bertz CT molecular complexity index is 436. The second-order valence-corrected chi connectivity index (χ2v) is 5.64. The Morgan fingerprint density at radius 3 is 2.50 bits per heavy atom. The zero-order chi connectivity index (χ0) is 13.3. The molecule has 0 spiro atoms. The predicted octanol–water partition coefficient (Wildman–Crippen LogP) is 2.52. The zero-order valence-electron chi connectivity index (χ0n) is 12.0. The van der Waals surface area contributed by atoms with Crippen LogP contribution < -0.4 is 10.6 Å². The van der Waals surface area contributed by atoms with Crippen molar-refractivity contribution < 1.29 is 0 Å². The fraction of sp³-hybridized carbons (Fsp3) is 0.714. The van der Waals surface area contributed by atoms with Gasteiger partial charge in [0.15, 0.2) is 0 Å². The molecule has 18 heavy (non-hydrogen) atoms. The molecule has 1 aromatic heterocycles. The Morgan fingerprint density at radius 2 is 1.89 bits per heavy atom. The number of fused-ring (bicyclic) bond motifs is 1. The SMILES string of the molecule is CCN(CC)c1nc(N)c2c(n1)CCCC2(C)C. The minimum atomic E-state index is 0.111. The van der Waals surface area contributed by atoms with Gasteiger partial charge in [0.25, 0.3) is 0 Å². The van der Waals surface area contributed by atoms with Gasteiger partial charge in [-0.3, -0.25) is 0 Å². The van der Waals surface area contributed by atoms with Crippen LogP contribution in [0, 0.1) is 0 Å². The number of nitrogens with two attached hydrogens (primary N) is 1. The maximum absolute atomic E-state index is 6.19. The van der Waals surface area contributed by atoms with Crippen LogP contribution in [0.2, 0.25) is 0 Å². The van der Waals surface area contributed by atoms with Crippen molar-refractivity contribution in [1.29, 1.82) is 0 Å². The number of aromatic nitrogens is 2. The van der Waals surface area contributed by atoms with Crippen LogP contribution in [0.3, 0.4) is 0 Å². The molecule has 2 N–H and O–H groups in total. The number of nitrogens with zero attached hydrogens (tertiary/aromatic N) is 3. The van der Waals surface area contributed by atoms with Crippen molar-refractivity contribution in [3.63, 3.8) is 0 Å².